The monoisotopic (exact) mass is 573 g/mol. The van der Waals surface area contributed by atoms with Crippen LogP contribution in [-0.2, 0) is 24.3 Å². The fourth-order valence-corrected chi connectivity index (χ4v) is 4.42. The van der Waals surface area contributed by atoms with Crippen LogP contribution in [0.15, 0.2) is 60.8 Å². The number of nitrogens with zero attached hydrogens (tertiary/aromatic N) is 5. The predicted molar refractivity (Wildman–Crippen MR) is 144 cm³/mol. The number of benzene rings is 3. The molecule has 0 saturated carbocycles. The van der Waals surface area contributed by atoms with Gasteiger partial charge < -0.3 is 19.1 Å². The van der Waals surface area contributed by atoms with E-state index in [9.17, 15) is 18.7 Å². The van der Waals surface area contributed by atoms with Gasteiger partial charge in [0.05, 0.1) is 35.0 Å². The smallest absolute Gasteiger partial charge is 0.335 e. The molecule has 0 fully saturated rings. The summed E-state index contributed by atoms with van der Waals surface area (Å²) < 4.78 is 56.5. The maximum absolute atomic E-state index is 15.3. The summed E-state index contributed by atoms with van der Waals surface area (Å²) in [6, 6.07) is 14.0. The Balaban J connectivity index is 1.38. The first-order valence-corrected chi connectivity index (χ1v) is 12.6. The van der Waals surface area contributed by atoms with Gasteiger partial charge in [-0.3, -0.25) is 0 Å². The third kappa shape index (κ3) is 5.91. The van der Waals surface area contributed by atoms with E-state index in [4.69, 9.17) is 14.7 Å². The number of aromatic nitrogens is 4. The Hall–Kier alpha value is -5.28. The highest BCUT2D eigenvalue weighted by Crippen LogP contribution is 2.27. The van der Waals surface area contributed by atoms with E-state index in [0.717, 1.165) is 12.1 Å². The van der Waals surface area contributed by atoms with Crippen LogP contribution < -0.4 is 4.74 Å². The van der Waals surface area contributed by atoms with Gasteiger partial charge in [0.2, 0.25) is 0 Å². The zero-order chi connectivity index (χ0) is 29.8. The molecule has 0 radical (unpaired) electrons. The lowest BCUT2D eigenvalue weighted by Crippen LogP contribution is -2.09. The van der Waals surface area contributed by atoms with E-state index in [-0.39, 0.29) is 65.7 Å². The molecule has 42 heavy (non-hydrogen) atoms. The van der Waals surface area contributed by atoms with Crippen LogP contribution in [0, 0.1) is 28.8 Å². The first-order valence-electron chi connectivity index (χ1n) is 12.6. The molecule has 0 bridgehead atoms. The van der Waals surface area contributed by atoms with Crippen molar-refractivity contribution >= 4 is 17.0 Å². The summed E-state index contributed by atoms with van der Waals surface area (Å²) in [4.78, 5) is 24.1. The van der Waals surface area contributed by atoms with Gasteiger partial charge in [-0.2, -0.15) is 10.2 Å². The van der Waals surface area contributed by atoms with Gasteiger partial charge in [-0.15, -0.1) is 0 Å². The quantitative estimate of drug-likeness (QED) is 0.239. The topological polar surface area (TPSA) is 123 Å². The summed E-state index contributed by atoms with van der Waals surface area (Å²) >= 11 is 0. The zero-order valence-electron chi connectivity index (χ0n) is 22.1. The molecule has 0 aliphatic carbocycles. The second-order valence-corrected chi connectivity index (χ2v) is 9.23. The number of rotatable bonds is 10. The van der Waals surface area contributed by atoms with Crippen molar-refractivity contribution < 1.29 is 32.5 Å². The molecule has 0 aliphatic rings. The second-order valence-electron chi connectivity index (χ2n) is 9.23. The number of methoxy groups -OCH3 is 1. The third-order valence-corrected chi connectivity index (χ3v) is 6.50. The third-order valence-electron chi connectivity index (χ3n) is 6.50. The number of nitriles is 1. The molecule has 5 aromatic rings. The van der Waals surface area contributed by atoms with E-state index < -0.39 is 23.4 Å². The molecule has 5 rings (SSSR count). The Morgan fingerprint density at radius 3 is 2.57 bits per heavy atom. The zero-order valence-corrected chi connectivity index (χ0v) is 22.1. The van der Waals surface area contributed by atoms with Crippen molar-refractivity contribution in [3.8, 4) is 23.3 Å². The average Bonchev–Trinajstić information content (AvgIpc) is 3.32. The molecule has 0 amide bonds. The van der Waals surface area contributed by atoms with Crippen LogP contribution in [0.3, 0.4) is 0 Å². The van der Waals surface area contributed by atoms with Gasteiger partial charge >= 0.3 is 12.0 Å². The fourth-order valence-electron chi connectivity index (χ4n) is 4.42. The number of carboxylic acid groups (broad SMARTS) is 1. The normalized spacial score (nSPS) is 11.0. The molecule has 12 heteroatoms. The van der Waals surface area contributed by atoms with Crippen LogP contribution >= 0.6 is 0 Å². The SMILES string of the molecule is COCCn1c(Cc2ccc(-c3ccnc(OCc4ccc(C#N)cc4F)n3)c(F)c2)nc2c(F)cc(C(=O)O)cc21. The number of imidazole rings is 1. The lowest BCUT2D eigenvalue weighted by Gasteiger charge is -2.11. The largest absolute Gasteiger partial charge is 0.478 e. The first kappa shape index (κ1) is 28.3. The van der Waals surface area contributed by atoms with Crippen molar-refractivity contribution in [2.45, 2.75) is 19.6 Å². The highest BCUT2D eigenvalue weighted by Gasteiger charge is 2.19. The van der Waals surface area contributed by atoms with Crippen molar-refractivity contribution in [1.82, 2.24) is 19.5 Å². The molecule has 2 heterocycles. The summed E-state index contributed by atoms with van der Waals surface area (Å²) in [5.74, 6) is -2.83. The summed E-state index contributed by atoms with van der Waals surface area (Å²) in [7, 11) is 1.51. The number of fused-ring (bicyclic) bond motifs is 1. The maximum atomic E-state index is 15.3. The van der Waals surface area contributed by atoms with Crippen LogP contribution in [0.25, 0.3) is 22.3 Å². The fraction of sp³-hybridized carbons (Fsp3) is 0.167. The highest BCUT2D eigenvalue weighted by atomic mass is 19.1. The average molecular weight is 574 g/mol. The summed E-state index contributed by atoms with van der Waals surface area (Å²) in [5.41, 5.74) is 1.42. The van der Waals surface area contributed by atoms with Crippen molar-refractivity contribution in [3.63, 3.8) is 0 Å². The minimum absolute atomic E-state index is 0.0117. The van der Waals surface area contributed by atoms with E-state index in [1.54, 1.807) is 10.6 Å². The van der Waals surface area contributed by atoms with Gasteiger partial charge in [-0.25, -0.2) is 27.9 Å². The van der Waals surface area contributed by atoms with E-state index >= 15 is 4.39 Å². The van der Waals surface area contributed by atoms with Crippen molar-refractivity contribution in [2.24, 2.45) is 0 Å². The Morgan fingerprint density at radius 2 is 1.86 bits per heavy atom. The Morgan fingerprint density at radius 1 is 1.02 bits per heavy atom. The molecule has 3 aromatic carbocycles. The summed E-state index contributed by atoms with van der Waals surface area (Å²) in [6.07, 6.45) is 1.52. The molecule has 9 nitrogen and oxygen atoms in total. The lowest BCUT2D eigenvalue weighted by molar-refractivity contribution is 0.0696. The molecule has 0 unspecified atom stereocenters. The van der Waals surface area contributed by atoms with Crippen LogP contribution in [0.5, 0.6) is 6.01 Å². The number of aromatic carboxylic acids is 1. The van der Waals surface area contributed by atoms with Crippen molar-refractivity contribution in [3.05, 3.63) is 106 Å². The first-order chi connectivity index (χ1) is 20.3. The van der Waals surface area contributed by atoms with E-state index in [2.05, 4.69) is 15.0 Å². The number of hydrogen-bond acceptors (Lipinski definition) is 7. The molecular weight excluding hydrogens is 551 g/mol. The van der Waals surface area contributed by atoms with Gasteiger partial charge in [-0.05, 0) is 48.0 Å². The standard InChI is InChI=1S/C30H22F3N5O4/c1-41-9-8-38-26-14-20(29(39)40)13-24(33)28(26)37-27(38)12-17-3-5-21(23(32)10-17)25-6-7-35-30(36-25)42-16-19-4-2-18(15-34)11-22(19)31/h2-7,10-11,13-14H,8-9,12,16H2,1H3,(H,39,40). The number of hydrogen-bond donors (Lipinski definition) is 1. The van der Waals surface area contributed by atoms with Crippen molar-refractivity contribution in [2.75, 3.05) is 13.7 Å². The van der Waals surface area contributed by atoms with E-state index in [1.807, 2.05) is 6.07 Å². The number of carboxylic acids is 1. The Bertz CT molecular complexity index is 1850. The minimum Gasteiger partial charge on any atom is -0.478 e. The molecule has 1 N–H and O–H groups in total. The molecule has 0 saturated heterocycles. The molecule has 0 atom stereocenters. The molecule has 0 aliphatic heterocycles. The summed E-state index contributed by atoms with van der Waals surface area (Å²) in [6.45, 7) is 0.350. The highest BCUT2D eigenvalue weighted by molar-refractivity contribution is 5.92. The van der Waals surface area contributed by atoms with Crippen molar-refractivity contribution in [1.29, 1.82) is 5.26 Å². The minimum atomic E-state index is -1.27. The molecule has 212 valence electrons. The van der Waals surface area contributed by atoms with Gasteiger partial charge in [0.25, 0.3) is 0 Å². The van der Waals surface area contributed by atoms with Gasteiger partial charge in [0.15, 0.2) is 5.82 Å². The van der Waals surface area contributed by atoms with Crippen LogP contribution in [0.1, 0.15) is 32.9 Å². The molecule has 2 aromatic heterocycles. The van der Waals surface area contributed by atoms with Crippen LogP contribution in [0.2, 0.25) is 0 Å². The lowest BCUT2D eigenvalue weighted by atomic mass is 10.1. The molecular formula is C30H22F3N5O4. The van der Waals surface area contributed by atoms with Crippen LogP contribution in [0.4, 0.5) is 13.2 Å². The Kier molecular flexibility index (Phi) is 8.12. The van der Waals surface area contributed by atoms with Gasteiger partial charge in [0.1, 0.15) is 29.6 Å². The van der Waals surface area contributed by atoms with Crippen LogP contribution in [-0.4, -0.2) is 44.3 Å². The van der Waals surface area contributed by atoms with Gasteiger partial charge in [0, 0.05) is 37.4 Å². The number of halogens is 3. The summed E-state index contributed by atoms with van der Waals surface area (Å²) in [5, 5.41) is 18.2. The van der Waals surface area contributed by atoms with E-state index in [1.165, 1.54) is 49.7 Å². The Labute approximate surface area is 237 Å². The second kappa shape index (κ2) is 12.1. The van der Waals surface area contributed by atoms with E-state index in [0.29, 0.717) is 16.9 Å². The number of ether oxygens (including phenoxy) is 2. The predicted octanol–water partition coefficient (Wildman–Crippen LogP) is 5.30. The number of carbonyl (C=O) groups is 1. The maximum Gasteiger partial charge on any atom is 0.335 e. The molecule has 0 spiro atoms. The van der Waals surface area contributed by atoms with Gasteiger partial charge in [-0.1, -0.05) is 12.1 Å².